The Balaban J connectivity index is 2.01. The van der Waals surface area contributed by atoms with Gasteiger partial charge in [0.2, 0.25) is 0 Å². The summed E-state index contributed by atoms with van der Waals surface area (Å²) in [7, 11) is 1.58. The summed E-state index contributed by atoms with van der Waals surface area (Å²) in [5, 5.41) is 2.91. The molecule has 0 fully saturated rings. The number of aryl methyl sites for hydroxylation is 2. The van der Waals surface area contributed by atoms with Gasteiger partial charge in [0.1, 0.15) is 17.1 Å². The third kappa shape index (κ3) is 2.41. The Kier molecular flexibility index (Phi) is 3.55. The smallest absolute Gasteiger partial charge is 0.274 e. The van der Waals surface area contributed by atoms with Gasteiger partial charge in [-0.3, -0.25) is 9.20 Å². The van der Waals surface area contributed by atoms with Crippen LogP contribution < -0.4 is 10.1 Å². The summed E-state index contributed by atoms with van der Waals surface area (Å²) in [4.78, 5) is 17.1. The molecule has 0 bridgehead atoms. The maximum atomic E-state index is 12.7. The van der Waals surface area contributed by atoms with Gasteiger partial charge < -0.3 is 10.1 Å². The number of carbonyl (C=O) groups excluding carboxylic acids is 1. The molecule has 0 aliphatic rings. The van der Waals surface area contributed by atoms with Crippen LogP contribution in [-0.2, 0) is 0 Å². The third-order valence-corrected chi connectivity index (χ3v) is 3.52. The largest absolute Gasteiger partial charge is 0.495 e. The van der Waals surface area contributed by atoms with Gasteiger partial charge in [0.05, 0.1) is 18.5 Å². The molecule has 5 nitrogen and oxygen atoms in total. The van der Waals surface area contributed by atoms with E-state index in [0.29, 0.717) is 22.8 Å². The fourth-order valence-corrected chi connectivity index (χ4v) is 2.49. The van der Waals surface area contributed by atoms with Crippen LogP contribution in [0.1, 0.15) is 21.7 Å². The first kappa shape index (κ1) is 14.1. The van der Waals surface area contributed by atoms with Crippen molar-refractivity contribution < 1.29 is 9.53 Å². The minimum Gasteiger partial charge on any atom is -0.495 e. The van der Waals surface area contributed by atoms with Gasteiger partial charge in [-0.1, -0.05) is 12.1 Å². The number of hydrogen-bond donors (Lipinski definition) is 1. The van der Waals surface area contributed by atoms with E-state index in [-0.39, 0.29) is 5.91 Å². The maximum Gasteiger partial charge on any atom is 0.274 e. The molecule has 3 aromatic rings. The number of aromatic nitrogens is 2. The molecule has 0 atom stereocenters. The van der Waals surface area contributed by atoms with Crippen molar-refractivity contribution in [3.05, 3.63) is 59.5 Å². The number of fused-ring (bicyclic) bond motifs is 1. The fraction of sp³-hybridized carbons (Fsp3) is 0.176. The summed E-state index contributed by atoms with van der Waals surface area (Å²) >= 11 is 0. The Morgan fingerprint density at radius 3 is 2.82 bits per heavy atom. The number of anilines is 1. The number of ether oxygens (including phenoxy) is 1. The van der Waals surface area contributed by atoms with E-state index in [1.54, 1.807) is 11.5 Å². The SMILES string of the molecule is COc1ccc(C)cc1NC(=O)c1c(C)nc2ccccn12. The molecule has 0 radical (unpaired) electrons. The van der Waals surface area contributed by atoms with Crippen molar-refractivity contribution in [2.45, 2.75) is 13.8 Å². The number of nitrogens with zero attached hydrogens (tertiary/aromatic N) is 2. The van der Waals surface area contributed by atoms with E-state index in [4.69, 9.17) is 4.74 Å². The Bertz CT molecular complexity index is 852. The van der Waals surface area contributed by atoms with E-state index >= 15 is 0 Å². The van der Waals surface area contributed by atoms with Crippen molar-refractivity contribution in [2.24, 2.45) is 0 Å². The summed E-state index contributed by atoms with van der Waals surface area (Å²) in [6, 6.07) is 11.3. The lowest BCUT2D eigenvalue weighted by atomic mass is 10.2. The molecule has 3 rings (SSSR count). The number of methoxy groups -OCH3 is 1. The molecule has 0 saturated heterocycles. The topological polar surface area (TPSA) is 55.6 Å². The molecule has 0 aliphatic carbocycles. The summed E-state index contributed by atoms with van der Waals surface area (Å²) in [6.45, 7) is 3.80. The monoisotopic (exact) mass is 295 g/mol. The predicted octanol–water partition coefficient (Wildman–Crippen LogP) is 3.21. The molecule has 1 aromatic carbocycles. The second-order valence-electron chi connectivity index (χ2n) is 5.13. The Hall–Kier alpha value is -2.82. The van der Waals surface area contributed by atoms with Crippen LogP contribution in [0.15, 0.2) is 42.6 Å². The van der Waals surface area contributed by atoms with Gasteiger partial charge >= 0.3 is 0 Å². The van der Waals surface area contributed by atoms with Gasteiger partial charge in [0.15, 0.2) is 0 Å². The van der Waals surface area contributed by atoms with Gasteiger partial charge in [0, 0.05) is 6.20 Å². The molecule has 0 saturated carbocycles. The molecular weight excluding hydrogens is 278 g/mol. The van der Waals surface area contributed by atoms with E-state index in [1.807, 2.05) is 56.4 Å². The van der Waals surface area contributed by atoms with E-state index in [2.05, 4.69) is 10.3 Å². The lowest BCUT2D eigenvalue weighted by Gasteiger charge is -2.11. The quantitative estimate of drug-likeness (QED) is 0.807. The standard InChI is InChI=1S/C17H17N3O2/c1-11-7-8-14(22-3)13(10-11)19-17(21)16-12(2)18-15-6-4-5-9-20(15)16/h4-10H,1-3H3,(H,19,21). The molecule has 112 valence electrons. The highest BCUT2D eigenvalue weighted by Gasteiger charge is 2.17. The van der Waals surface area contributed by atoms with Gasteiger partial charge in [-0.2, -0.15) is 0 Å². The molecule has 1 N–H and O–H groups in total. The Morgan fingerprint density at radius 2 is 2.05 bits per heavy atom. The van der Waals surface area contributed by atoms with Gasteiger partial charge in [0.25, 0.3) is 5.91 Å². The number of nitrogens with one attached hydrogen (secondary N) is 1. The van der Waals surface area contributed by atoms with Crippen molar-refractivity contribution in [3.8, 4) is 5.75 Å². The highest BCUT2D eigenvalue weighted by Crippen LogP contribution is 2.26. The van der Waals surface area contributed by atoms with E-state index < -0.39 is 0 Å². The number of pyridine rings is 1. The number of benzene rings is 1. The van der Waals surface area contributed by atoms with Crippen molar-refractivity contribution in [2.75, 3.05) is 12.4 Å². The second kappa shape index (κ2) is 5.52. The zero-order valence-electron chi connectivity index (χ0n) is 12.8. The van der Waals surface area contributed by atoms with Crippen LogP contribution >= 0.6 is 0 Å². The van der Waals surface area contributed by atoms with Crippen LogP contribution in [0.4, 0.5) is 5.69 Å². The van der Waals surface area contributed by atoms with Crippen molar-refractivity contribution >= 4 is 17.2 Å². The Morgan fingerprint density at radius 1 is 1.23 bits per heavy atom. The maximum absolute atomic E-state index is 12.7. The number of rotatable bonds is 3. The number of amides is 1. The lowest BCUT2D eigenvalue weighted by molar-refractivity contribution is 0.102. The van der Waals surface area contributed by atoms with Crippen molar-refractivity contribution in [1.82, 2.24) is 9.38 Å². The van der Waals surface area contributed by atoms with Crippen LogP contribution in [0.25, 0.3) is 5.65 Å². The molecule has 0 unspecified atom stereocenters. The molecule has 0 aliphatic heterocycles. The Labute approximate surface area is 128 Å². The summed E-state index contributed by atoms with van der Waals surface area (Å²) in [5.41, 5.74) is 3.67. The molecule has 2 heterocycles. The van der Waals surface area contributed by atoms with Crippen LogP contribution in [0, 0.1) is 13.8 Å². The van der Waals surface area contributed by atoms with Gasteiger partial charge in [-0.15, -0.1) is 0 Å². The third-order valence-electron chi connectivity index (χ3n) is 3.52. The van der Waals surface area contributed by atoms with Crippen molar-refractivity contribution in [3.63, 3.8) is 0 Å². The first-order valence-corrected chi connectivity index (χ1v) is 7.00. The molecule has 22 heavy (non-hydrogen) atoms. The minimum atomic E-state index is -0.208. The average Bonchev–Trinajstić information content (AvgIpc) is 2.83. The second-order valence-corrected chi connectivity index (χ2v) is 5.13. The average molecular weight is 295 g/mol. The van der Waals surface area contributed by atoms with Crippen LogP contribution in [0.3, 0.4) is 0 Å². The van der Waals surface area contributed by atoms with Gasteiger partial charge in [-0.05, 0) is 43.7 Å². The van der Waals surface area contributed by atoms with Crippen LogP contribution in [-0.4, -0.2) is 22.4 Å². The summed E-state index contributed by atoms with van der Waals surface area (Å²) < 4.78 is 7.08. The van der Waals surface area contributed by atoms with E-state index in [0.717, 1.165) is 11.2 Å². The molecule has 1 amide bonds. The minimum absolute atomic E-state index is 0.208. The highest BCUT2D eigenvalue weighted by atomic mass is 16.5. The normalized spacial score (nSPS) is 10.7. The lowest BCUT2D eigenvalue weighted by Crippen LogP contribution is -2.16. The number of imidazole rings is 1. The first-order chi connectivity index (χ1) is 10.6. The van der Waals surface area contributed by atoms with Crippen LogP contribution in [0.2, 0.25) is 0 Å². The van der Waals surface area contributed by atoms with E-state index in [1.165, 1.54) is 0 Å². The number of hydrogen-bond acceptors (Lipinski definition) is 3. The zero-order chi connectivity index (χ0) is 15.7. The zero-order valence-corrected chi connectivity index (χ0v) is 12.8. The van der Waals surface area contributed by atoms with Gasteiger partial charge in [-0.25, -0.2) is 4.98 Å². The molecule has 2 aromatic heterocycles. The molecule has 5 heteroatoms. The predicted molar refractivity (Wildman–Crippen MR) is 85.6 cm³/mol. The van der Waals surface area contributed by atoms with Crippen molar-refractivity contribution in [1.29, 1.82) is 0 Å². The summed E-state index contributed by atoms with van der Waals surface area (Å²) in [5.74, 6) is 0.422. The molecule has 0 spiro atoms. The first-order valence-electron chi connectivity index (χ1n) is 7.00. The number of carbonyl (C=O) groups is 1. The highest BCUT2D eigenvalue weighted by molar-refractivity contribution is 6.05. The molecular formula is C17H17N3O2. The fourth-order valence-electron chi connectivity index (χ4n) is 2.49. The van der Waals surface area contributed by atoms with Crippen LogP contribution in [0.5, 0.6) is 5.75 Å². The van der Waals surface area contributed by atoms with E-state index in [9.17, 15) is 4.79 Å². The summed E-state index contributed by atoms with van der Waals surface area (Å²) in [6.07, 6.45) is 1.83.